The molecule has 0 N–H and O–H groups in total. The van der Waals surface area contributed by atoms with Crippen LogP contribution in [0.5, 0.6) is 0 Å². The van der Waals surface area contributed by atoms with E-state index in [0.29, 0.717) is 28.2 Å². The third kappa shape index (κ3) is 4.74. The van der Waals surface area contributed by atoms with Gasteiger partial charge in [-0.15, -0.1) is 0 Å². The fourth-order valence-electron chi connectivity index (χ4n) is 3.25. The summed E-state index contributed by atoms with van der Waals surface area (Å²) >= 11 is 5.18. The van der Waals surface area contributed by atoms with Gasteiger partial charge in [-0.25, -0.2) is 18.0 Å². The average Bonchev–Trinajstić information content (AvgIpc) is 2.94. The van der Waals surface area contributed by atoms with Crippen molar-refractivity contribution < 1.29 is 49.1 Å². The Balaban J connectivity index is 2.06. The normalized spacial score (nSPS) is 19.1. The smallest absolute Gasteiger partial charge is 0.425 e. The van der Waals surface area contributed by atoms with Crippen LogP contribution < -0.4 is 4.90 Å². The summed E-state index contributed by atoms with van der Waals surface area (Å²) in [5.41, 5.74) is -7.33. The molecular weight excluding hydrogens is 540 g/mol. The van der Waals surface area contributed by atoms with Crippen molar-refractivity contribution in [1.82, 2.24) is 9.88 Å². The van der Waals surface area contributed by atoms with Gasteiger partial charge in [0.25, 0.3) is 9.84 Å². The molecule has 1 fully saturated rings. The predicted octanol–water partition coefficient (Wildman–Crippen LogP) is 4.27. The lowest BCUT2D eigenvalue weighted by Crippen LogP contribution is -2.51. The monoisotopic (exact) mass is 555 g/mol. The third-order valence-electron chi connectivity index (χ3n) is 5.23. The summed E-state index contributed by atoms with van der Waals surface area (Å²) in [5, 5.41) is 0. The second-order valence-corrected chi connectivity index (χ2v) is 9.95. The summed E-state index contributed by atoms with van der Waals surface area (Å²) in [6.45, 7) is 2.18. The number of amides is 2. The van der Waals surface area contributed by atoms with E-state index >= 15 is 0 Å². The van der Waals surface area contributed by atoms with Gasteiger partial charge in [0.15, 0.2) is 4.99 Å². The molecule has 1 aromatic heterocycles. The number of pyridine rings is 1. The number of esters is 1. The lowest BCUT2D eigenvalue weighted by molar-refractivity contribution is -0.215. The maximum Gasteiger partial charge on any atom is 0.501 e. The number of hydrogen-bond acceptors (Lipinski definition) is 7. The third-order valence-corrected chi connectivity index (χ3v) is 7.30. The van der Waals surface area contributed by atoms with Crippen LogP contribution in [-0.2, 0) is 25.9 Å². The molecule has 3 rings (SSSR count). The molecule has 1 aliphatic heterocycles. The molecule has 2 aromatic rings. The summed E-state index contributed by atoms with van der Waals surface area (Å²) in [5.74, 6) is -2.63. The zero-order valence-electron chi connectivity index (χ0n) is 18.2. The topological polar surface area (TPSA) is 96.9 Å². The Morgan fingerprint density at radius 3 is 2.19 bits per heavy atom. The van der Waals surface area contributed by atoms with Gasteiger partial charge in [0.05, 0.1) is 17.1 Å². The van der Waals surface area contributed by atoms with Gasteiger partial charge in [-0.2, -0.15) is 26.3 Å². The molecule has 2 amide bonds. The van der Waals surface area contributed by atoms with Gasteiger partial charge in [-0.3, -0.25) is 14.8 Å². The molecule has 2 heterocycles. The first-order valence-corrected chi connectivity index (χ1v) is 11.6. The molecule has 194 valence electrons. The summed E-state index contributed by atoms with van der Waals surface area (Å²) in [6.07, 6.45) is -2.65. The first kappa shape index (κ1) is 27.3. The minimum atomic E-state index is -5.70. The number of rotatable bonds is 5. The molecule has 0 saturated carbocycles. The molecule has 1 aromatic carbocycles. The van der Waals surface area contributed by atoms with E-state index in [9.17, 15) is 44.3 Å². The van der Waals surface area contributed by atoms with Crippen LogP contribution in [0.2, 0.25) is 0 Å². The fourth-order valence-corrected chi connectivity index (χ4v) is 4.35. The molecule has 1 aliphatic rings. The number of benzene rings is 1. The predicted molar refractivity (Wildman–Crippen MR) is 115 cm³/mol. The highest BCUT2D eigenvalue weighted by Crippen LogP contribution is 2.38. The Morgan fingerprint density at radius 2 is 1.69 bits per heavy atom. The number of aromatic nitrogens is 1. The standard InChI is InChI=1S/C20H15F6N3O5S2/c1-11-9-27-8-7-12(11)10-28-17(31)29(15(35)18(28,2)34-16(30)19(21,22)23)13-3-5-14(6-4-13)36(32,33)20(24,25)26/h3-9H,10H2,1-2H3/t18-/m1/s1. The Hall–Kier alpha value is -3.27. The number of nitrogens with zero attached hydrogens (tertiary/aromatic N) is 3. The summed E-state index contributed by atoms with van der Waals surface area (Å²) in [6, 6.07) is 3.15. The number of hydrogen-bond donors (Lipinski definition) is 0. The molecule has 0 aliphatic carbocycles. The first-order valence-electron chi connectivity index (χ1n) is 9.68. The molecule has 0 unspecified atom stereocenters. The largest absolute Gasteiger partial charge is 0.501 e. The summed E-state index contributed by atoms with van der Waals surface area (Å²) in [4.78, 5) is 28.5. The number of ether oxygens (including phenoxy) is 1. The van der Waals surface area contributed by atoms with Crippen molar-refractivity contribution in [3.8, 4) is 0 Å². The number of carbonyl (C=O) groups is 2. The Kier molecular flexibility index (Phi) is 6.82. The number of urea groups is 1. The van der Waals surface area contributed by atoms with Crippen molar-refractivity contribution in [2.45, 2.75) is 42.7 Å². The van der Waals surface area contributed by atoms with Crippen LogP contribution in [0.3, 0.4) is 0 Å². The van der Waals surface area contributed by atoms with E-state index in [0.717, 1.165) is 24.0 Å². The number of anilines is 1. The number of thiocarbonyl (C=S) groups is 1. The number of carbonyl (C=O) groups excluding carboxylic acids is 2. The lowest BCUT2D eigenvalue weighted by atomic mass is 10.1. The average molecular weight is 555 g/mol. The molecule has 1 atom stereocenters. The van der Waals surface area contributed by atoms with Crippen molar-refractivity contribution >= 4 is 44.7 Å². The number of alkyl halides is 6. The molecule has 1 saturated heterocycles. The van der Waals surface area contributed by atoms with Gasteiger partial charge in [0.1, 0.15) is 0 Å². The zero-order valence-corrected chi connectivity index (χ0v) is 19.8. The van der Waals surface area contributed by atoms with Gasteiger partial charge in [0.2, 0.25) is 5.72 Å². The molecule has 0 bridgehead atoms. The van der Waals surface area contributed by atoms with Crippen LogP contribution in [0, 0.1) is 6.92 Å². The van der Waals surface area contributed by atoms with Crippen LogP contribution in [0.1, 0.15) is 18.1 Å². The fraction of sp³-hybridized carbons (Fsp3) is 0.300. The van der Waals surface area contributed by atoms with Crippen LogP contribution in [0.25, 0.3) is 0 Å². The minimum absolute atomic E-state index is 0.269. The van der Waals surface area contributed by atoms with Gasteiger partial charge in [-0.1, -0.05) is 12.2 Å². The van der Waals surface area contributed by atoms with E-state index in [2.05, 4.69) is 9.72 Å². The van der Waals surface area contributed by atoms with E-state index in [1.165, 1.54) is 18.5 Å². The van der Waals surface area contributed by atoms with Crippen molar-refractivity contribution in [3.05, 3.63) is 53.9 Å². The van der Waals surface area contributed by atoms with Gasteiger partial charge < -0.3 is 4.74 Å². The van der Waals surface area contributed by atoms with Crippen molar-refractivity contribution in [3.63, 3.8) is 0 Å². The molecular formula is C20H15F6N3O5S2. The zero-order chi connectivity index (χ0) is 27.3. The lowest BCUT2D eigenvalue weighted by Gasteiger charge is -2.33. The highest BCUT2D eigenvalue weighted by Gasteiger charge is 2.58. The van der Waals surface area contributed by atoms with E-state index in [1.807, 2.05) is 0 Å². The minimum Gasteiger partial charge on any atom is -0.425 e. The maximum absolute atomic E-state index is 13.3. The SMILES string of the molecule is Cc1cnccc1CN1C(=O)N(c2ccc(S(=O)(=O)C(F)(F)F)cc2)C(=S)[C@@]1(C)OC(=O)C(F)(F)F. The van der Waals surface area contributed by atoms with Crippen molar-refractivity contribution in [2.75, 3.05) is 4.90 Å². The first-order chi connectivity index (χ1) is 16.4. The number of halogens is 6. The van der Waals surface area contributed by atoms with Gasteiger partial charge >= 0.3 is 23.7 Å². The van der Waals surface area contributed by atoms with Crippen LogP contribution >= 0.6 is 12.2 Å². The Labute approximate surface area is 205 Å². The summed E-state index contributed by atoms with van der Waals surface area (Å²) < 4.78 is 105. The van der Waals surface area contributed by atoms with Crippen LogP contribution in [-0.4, -0.2) is 52.7 Å². The highest BCUT2D eigenvalue weighted by atomic mass is 32.2. The van der Waals surface area contributed by atoms with E-state index in [1.54, 1.807) is 6.92 Å². The van der Waals surface area contributed by atoms with Gasteiger partial charge in [0, 0.05) is 19.3 Å². The molecule has 0 radical (unpaired) electrons. The van der Waals surface area contributed by atoms with Crippen molar-refractivity contribution in [1.29, 1.82) is 0 Å². The van der Waals surface area contributed by atoms with E-state index < -0.39 is 49.1 Å². The number of sulfone groups is 1. The van der Waals surface area contributed by atoms with Crippen LogP contribution in [0.15, 0.2) is 47.6 Å². The Bertz CT molecular complexity index is 1330. The van der Waals surface area contributed by atoms with E-state index in [4.69, 9.17) is 12.2 Å². The van der Waals surface area contributed by atoms with Gasteiger partial charge in [-0.05, 0) is 48.4 Å². The maximum atomic E-state index is 13.3. The quantitative estimate of drug-likeness (QED) is 0.309. The second kappa shape index (κ2) is 8.99. The second-order valence-electron chi connectivity index (χ2n) is 7.62. The van der Waals surface area contributed by atoms with Crippen molar-refractivity contribution in [2.24, 2.45) is 0 Å². The summed E-state index contributed by atoms with van der Waals surface area (Å²) in [7, 11) is -5.70. The van der Waals surface area contributed by atoms with E-state index in [-0.39, 0.29) is 12.2 Å². The molecule has 0 spiro atoms. The molecule has 16 heteroatoms. The molecule has 8 nitrogen and oxygen atoms in total. The highest BCUT2D eigenvalue weighted by molar-refractivity contribution is 7.92. The number of aryl methyl sites for hydroxylation is 1. The van der Waals surface area contributed by atoms with Crippen LogP contribution in [0.4, 0.5) is 36.8 Å². The molecule has 36 heavy (non-hydrogen) atoms. The Morgan fingerprint density at radius 1 is 1.11 bits per heavy atom.